The molecule has 0 saturated carbocycles. The Labute approximate surface area is 177 Å². The van der Waals surface area contributed by atoms with Crippen molar-refractivity contribution < 1.29 is 17.6 Å². The Kier molecular flexibility index (Phi) is 6.65. The van der Waals surface area contributed by atoms with Crippen molar-refractivity contribution in [1.29, 1.82) is 0 Å². The van der Waals surface area contributed by atoms with Crippen LogP contribution in [0.5, 0.6) is 0 Å². The minimum absolute atomic E-state index is 0.125. The number of anilines is 2. The summed E-state index contributed by atoms with van der Waals surface area (Å²) in [5.41, 5.74) is 2.34. The fourth-order valence-electron chi connectivity index (χ4n) is 3.67. The van der Waals surface area contributed by atoms with Crippen molar-refractivity contribution in [2.75, 3.05) is 48.2 Å². The van der Waals surface area contributed by atoms with Gasteiger partial charge < -0.3 is 9.80 Å². The first kappa shape index (κ1) is 22.1. The Morgan fingerprint density at radius 3 is 2.20 bits per heavy atom. The van der Waals surface area contributed by atoms with E-state index in [9.17, 15) is 17.6 Å². The molecular weight excluding hydrogens is 405 g/mol. The summed E-state index contributed by atoms with van der Waals surface area (Å²) in [4.78, 5) is 16.7. The Hall–Kier alpha value is -2.61. The number of rotatable bonds is 6. The van der Waals surface area contributed by atoms with E-state index in [1.54, 1.807) is 29.2 Å². The van der Waals surface area contributed by atoms with Crippen LogP contribution in [0.1, 0.15) is 25.3 Å². The molecule has 0 aromatic heterocycles. The van der Waals surface area contributed by atoms with Crippen LogP contribution in [0, 0.1) is 5.82 Å². The molecule has 1 aliphatic heterocycles. The summed E-state index contributed by atoms with van der Waals surface area (Å²) in [7, 11) is -3.63. The number of amides is 1. The molecule has 0 unspecified atom stereocenters. The van der Waals surface area contributed by atoms with Crippen molar-refractivity contribution in [3.63, 3.8) is 0 Å². The van der Waals surface area contributed by atoms with E-state index >= 15 is 0 Å². The van der Waals surface area contributed by atoms with Crippen molar-refractivity contribution in [2.24, 2.45) is 0 Å². The largest absolute Gasteiger partial charge is 0.368 e. The van der Waals surface area contributed by atoms with Crippen molar-refractivity contribution in [1.82, 2.24) is 4.90 Å². The van der Waals surface area contributed by atoms with Gasteiger partial charge in [-0.05, 0) is 41.8 Å². The maximum absolute atomic E-state index is 13.1. The average molecular weight is 434 g/mol. The number of carbonyl (C=O) groups excluding carboxylic acids is 1. The van der Waals surface area contributed by atoms with Gasteiger partial charge in [0.1, 0.15) is 12.4 Å². The average Bonchev–Trinajstić information content (AvgIpc) is 2.71. The number of carbonyl (C=O) groups is 1. The Morgan fingerprint density at radius 2 is 1.63 bits per heavy atom. The van der Waals surface area contributed by atoms with Gasteiger partial charge in [0.05, 0.1) is 11.9 Å². The van der Waals surface area contributed by atoms with E-state index in [2.05, 4.69) is 4.90 Å². The summed E-state index contributed by atoms with van der Waals surface area (Å²) >= 11 is 0. The highest BCUT2D eigenvalue weighted by Gasteiger charge is 2.28. The number of para-hydroxylation sites is 1. The fraction of sp³-hybridized carbons (Fsp3) is 0.409. The Balaban J connectivity index is 1.71. The molecule has 2 aromatic carbocycles. The van der Waals surface area contributed by atoms with Crippen LogP contribution in [0.15, 0.2) is 48.5 Å². The number of nitrogens with zero attached hydrogens (tertiary/aromatic N) is 3. The quantitative estimate of drug-likeness (QED) is 0.703. The van der Waals surface area contributed by atoms with Crippen LogP contribution >= 0.6 is 0 Å². The smallest absolute Gasteiger partial charge is 0.243 e. The van der Waals surface area contributed by atoms with Crippen LogP contribution in [0.3, 0.4) is 0 Å². The minimum Gasteiger partial charge on any atom is -0.368 e. The summed E-state index contributed by atoms with van der Waals surface area (Å²) in [5.74, 6) is -0.382. The third-order valence-corrected chi connectivity index (χ3v) is 6.46. The molecule has 0 atom stereocenters. The van der Waals surface area contributed by atoms with Gasteiger partial charge in [0.25, 0.3) is 0 Å². The van der Waals surface area contributed by atoms with Gasteiger partial charge in [0, 0.05) is 31.9 Å². The number of halogens is 1. The van der Waals surface area contributed by atoms with Gasteiger partial charge in [-0.25, -0.2) is 12.8 Å². The van der Waals surface area contributed by atoms with Gasteiger partial charge in [-0.15, -0.1) is 0 Å². The number of hydrogen-bond acceptors (Lipinski definition) is 4. The topological polar surface area (TPSA) is 60.9 Å². The lowest BCUT2D eigenvalue weighted by molar-refractivity contribution is -0.129. The molecule has 2 aromatic rings. The van der Waals surface area contributed by atoms with E-state index in [0.717, 1.165) is 17.5 Å². The lowest BCUT2D eigenvalue weighted by Gasteiger charge is -2.37. The predicted molar refractivity (Wildman–Crippen MR) is 118 cm³/mol. The maximum atomic E-state index is 13.1. The van der Waals surface area contributed by atoms with Gasteiger partial charge >= 0.3 is 0 Å². The number of hydrogen-bond donors (Lipinski definition) is 0. The normalized spacial score (nSPS) is 14.8. The molecule has 1 aliphatic rings. The van der Waals surface area contributed by atoms with Crippen molar-refractivity contribution >= 4 is 27.3 Å². The molecule has 0 N–H and O–H groups in total. The lowest BCUT2D eigenvalue weighted by atomic mass is 10.0. The summed E-state index contributed by atoms with van der Waals surface area (Å²) in [5, 5.41) is 0. The van der Waals surface area contributed by atoms with Crippen LogP contribution in [-0.2, 0) is 14.8 Å². The van der Waals surface area contributed by atoms with Crippen molar-refractivity contribution in [2.45, 2.75) is 19.8 Å². The molecule has 3 rings (SSSR count). The zero-order valence-electron chi connectivity index (χ0n) is 17.6. The second-order valence-electron chi connectivity index (χ2n) is 7.83. The molecule has 6 nitrogen and oxygen atoms in total. The summed E-state index contributed by atoms with van der Waals surface area (Å²) in [6.45, 7) is 5.96. The molecule has 0 radical (unpaired) electrons. The monoisotopic (exact) mass is 433 g/mol. The summed E-state index contributed by atoms with van der Waals surface area (Å²) in [6.07, 6.45) is 1.13. The first-order valence-electron chi connectivity index (χ1n) is 10.0. The molecule has 30 heavy (non-hydrogen) atoms. The molecule has 1 saturated heterocycles. The van der Waals surface area contributed by atoms with Gasteiger partial charge in [-0.1, -0.05) is 32.0 Å². The summed E-state index contributed by atoms with van der Waals surface area (Å²) < 4.78 is 39.3. The highest BCUT2D eigenvalue weighted by atomic mass is 32.2. The number of benzene rings is 2. The van der Waals surface area contributed by atoms with Crippen molar-refractivity contribution in [3.05, 3.63) is 59.9 Å². The molecule has 0 bridgehead atoms. The second kappa shape index (κ2) is 9.04. The molecular formula is C22H28FN3O3S. The molecule has 8 heteroatoms. The molecule has 1 fully saturated rings. The van der Waals surface area contributed by atoms with Crippen LogP contribution < -0.4 is 9.21 Å². The van der Waals surface area contributed by atoms with E-state index < -0.39 is 10.0 Å². The van der Waals surface area contributed by atoms with Gasteiger partial charge in [0.15, 0.2) is 0 Å². The van der Waals surface area contributed by atoms with E-state index in [0.29, 0.717) is 31.9 Å². The van der Waals surface area contributed by atoms with E-state index in [1.165, 1.54) is 16.4 Å². The third-order valence-electron chi connectivity index (χ3n) is 5.33. The molecule has 162 valence electrons. The molecule has 0 aliphatic carbocycles. The predicted octanol–water partition coefficient (Wildman–Crippen LogP) is 3.06. The van der Waals surface area contributed by atoms with Crippen molar-refractivity contribution in [3.8, 4) is 0 Å². The SMILES string of the molecule is CC(C)c1ccccc1N(CC(=O)N1CCN(c2ccc(F)cc2)CC1)S(C)(=O)=O. The van der Waals surface area contributed by atoms with E-state index in [-0.39, 0.29) is 24.2 Å². The minimum atomic E-state index is -3.63. The van der Waals surface area contributed by atoms with E-state index in [4.69, 9.17) is 0 Å². The molecule has 1 amide bonds. The van der Waals surface area contributed by atoms with Crippen LogP contribution in [0.4, 0.5) is 15.8 Å². The number of sulfonamides is 1. The zero-order valence-corrected chi connectivity index (χ0v) is 18.4. The van der Waals surface area contributed by atoms with Crippen LogP contribution in [0.25, 0.3) is 0 Å². The van der Waals surface area contributed by atoms with Crippen LogP contribution in [-0.4, -0.2) is 58.2 Å². The van der Waals surface area contributed by atoms with Crippen LogP contribution in [0.2, 0.25) is 0 Å². The Morgan fingerprint density at radius 1 is 1.03 bits per heavy atom. The Bertz CT molecular complexity index is 985. The number of piperazine rings is 1. The van der Waals surface area contributed by atoms with E-state index in [1.807, 2.05) is 26.0 Å². The second-order valence-corrected chi connectivity index (χ2v) is 9.73. The fourth-order valence-corrected chi connectivity index (χ4v) is 4.54. The van der Waals surface area contributed by atoms with Gasteiger partial charge in [0.2, 0.25) is 15.9 Å². The molecule has 1 heterocycles. The standard InChI is InChI=1S/C22H28FN3O3S/c1-17(2)20-6-4-5-7-21(20)26(30(3,28)29)16-22(27)25-14-12-24(13-15-25)19-10-8-18(23)9-11-19/h4-11,17H,12-16H2,1-3H3. The lowest BCUT2D eigenvalue weighted by Crippen LogP contribution is -2.52. The maximum Gasteiger partial charge on any atom is 0.243 e. The first-order chi connectivity index (χ1) is 14.2. The first-order valence-corrected chi connectivity index (χ1v) is 11.9. The zero-order chi connectivity index (χ0) is 21.9. The highest BCUT2D eigenvalue weighted by molar-refractivity contribution is 7.92. The van der Waals surface area contributed by atoms with Gasteiger partial charge in [-0.3, -0.25) is 9.10 Å². The van der Waals surface area contributed by atoms with Gasteiger partial charge in [-0.2, -0.15) is 0 Å². The third kappa shape index (κ3) is 5.11. The summed E-state index contributed by atoms with van der Waals surface area (Å²) in [6, 6.07) is 13.6. The molecule has 0 spiro atoms. The highest BCUT2D eigenvalue weighted by Crippen LogP contribution is 2.29.